The number of nitrogens with one attached hydrogen (secondary N) is 1. The van der Waals surface area contributed by atoms with Crippen LogP contribution in [0.4, 0.5) is 9.18 Å². The van der Waals surface area contributed by atoms with Gasteiger partial charge in [-0.3, -0.25) is 0 Å². The van der Waals surface area contributed by atoms with Crippen molar-refractivity contribution in [2.45, 2.75) is 26.0 Å². The monoisotopic (exact) mass is 399 g/mol. The Labute approximate surface area is 168 Å². The first-order chi connectivity index (χ1) is 14.1. The van der Waals surface area contributed by atoms with Gasteiger partial charge >= 0.3 is 6.03 Å². The molecule has 0 aromatic heterocycles. The fourth-order valence-corrected chi connectivity index (χ4v) is 3.31. The van der Waals surface area contributed by atoms with Crippen LogP contribution in [0.2, 0.25) is 0 Å². The molecule has 1 atom stereocenters. The second kappa shape index (κ2) is 8.38. The summed E-state index contributed by atoms with van der Waals surface area (Å²) >= 11 is 0. The van der Waals surface area contributed by atoms with Crippen LogP contribution in [0.3, 0.4) is 0 Å². The van der Waals surface area contributed by atoms with Crippen LogP contribution in [-0.4, -0.2) is 42.6 Å². The maximum Gasteiger partial charge on any atom is 0.317 e. The normalized spacial score (nSPS) is 16.9. The highest BCUT2D eigenvalue weighted by Crippen LogP contribution is 2.33. The Hall–Kier alpha value is -3.29. The van der Waals surface area contributed by atoms with Crippen molar-refractivity contribution in [1.82, 2.24) is 10.2 Å². The first kappa shape index (κ1) is 19.0. The van der Waals surface area contributed by atoms with Gasteiger partial charge in [0.2, 0.25) is 6.79 Å². The van der Waals surface area contributed by atoms with Crippen LogP contribution in [0.5, 0.6) is 11.5 Å². The third kappa shape index (κ3) is 4.42. The minimum absolute atomic E-state index is 0.197. The second-order valence-electron chi connectivity index (χ2n) is 6.88. The van der Waals surface area contributed by atoms with E-state index in [1.807, 2.05) is 25.1 Å². The van der Waals surface area contributed by atoms with Crippen molar-refractivity contribution in [2.75, 3.05) is 19.9 Å². The van der Waals surface area contributed by atoms with E-state index in [1.54, 1.807) is 17.0 Å². The minimum Gasteiger partial charge on any atom is -0.454 e. The van der Waals surface area contributed by atoms with E-state index >= 15 is 0 Å². The van der Waals surface area contributed by atoms with Crippen molar-refractivity contribution in [3.63, 3.8) is 0 Å². The number of urea groups is 1. The van der Waals surface area contributed by atoms with Crippen molar-refractivity contribution < 1.29 is 23.5 Å². The third-order valence-corrected chi connectivity index (χ3v) is 4.76. The number of amides is 2. The Kier molecular flexibility index (Phi) is 5.50. The molecular weight excluding hydrogens is 377 g/mol. The fourth-order valence-electron chi connectivity index (χ4n) is 3.31. The van der Waals surface area contributed by atoms with Gasteiger partial charge in [0.15, 0.2) is 17.6 Å². The molecule has 1 N–H and O–H groups in total. The lowest BCUT2D eigenvalue weighted by atomic mass is 10.0. The summed E-state index contributed by atoms with van der Waals surface area (Å²) in [4.78, 5) is 19.7. The zero-order chi connectivity index (χ0) is 20.2. The molecule has 1 unspecified atom stereocenters. The van der Waals surface area contributed by atoms with E-state index in [0.717, 1.165) is 16.8 Å². The van der Waals surface area contributed by atoms with Gasteiger partial charge in [0, 0.05) is 25.1 Å². The Bertz CT molecular complexity index is 917. The molecule has 4 rings (SSSR count). The zero-order valence-corrected chi connectivity index (χ0v) is 16.1. The number of hydrogen-bond donors (Lipinski definition) is 1. The second-order valence-corrected chi connectivity index (χ2v) is 6.88. The molecule has 152 valence electrons. The number of ether oxygens (including phenoxy) is 2. The van der Waals surface area contributed by atoms with E-state index in [-0.39, 0.29) is 24.7 Å². The average molecular weight is 399 g/mol. The molecule has 2 heterocycles. The fraction of sp³-hybridized carbons (Fsp3) is 0.333. The molecule has 8 heteroatoms. The average Bonchev–Trinajstić information content (AvgIpc) is 3.38. The maximum absolute atomic E-state index is 13.2. The number of nitrogens with zero attached hydrogens (tertiary/aromatic N) is 2. The van der Waals surface area contributed by atoms with Crippen molar-refractivity contribution in [3.8, 4) is 11.5 Å². The summed E-state index contributed by atoms with van der Waals surface area (Å²) in [5.41, 5.74) is 2.54. The summed E-state index contributed by atoms with van der Waals surface area (Å²) < 4.78 is 23.9. The minimum atomic E-state index is -0.306. The molecule has 0 saturated carbocycles. The van der Waals surface area contributed by atoms with E-state index in [4.69, 9.17) is 14.3 Å². The number of rotatable bonds is 6. The van der Waals surface area contributed by atoms with Crippen LogP contribution < -0.4 is 14.8 Å². The lowest BCUT2D eigenvalue weighted by molar-refractivity contribution is 0.0590. The van der Waals surface area contributed by atoms with Crippen LogP contribution in [0, 0.1) is 5.82 Å². The molecule has 7 nitrogen and oxygen atoms in total. The maximum atomic E-state index is 13.2. The summed E-state index contributed by atoms with van der Waals surface area (Å²) in [6.45, 7) is 3.31. The summed E-state index contributed by atoms with van der Waals surface area (Å²) in [7, 11) is 0. The SMILES string of the molecule is CCNC(=O)N(Cc1ccc(F)cc1)CC1CC(c2ccc3c(c2)OCO3)=NO1. The highest BCUT2D eigenvalue weighted by molar-refractivity contribution is 6.01. The van der Waals surface area contributed by atoms with Crippen molar-refractivity contribution in [2.24, 2.45) is 5.16 Å². The molecule has 2 aliphatic heterocycles. The van der Waals surface area contributed by atoms with Crippen LogP contribution in [0.15, 0.2) is 47.6 Å². The van der Waals surface area contributed by atoms with Crippen molar-refractivity contribution in [1.29, 1.82) is 0 Å². The molecule has 2 aliphatic rings. The van der Waals surface area contributed by atoms with Gasteiger partial charge in [-0.1, -0.05) is 17.3 Å². The number of halogens is 1. The molecule has 2 aromatic carbocycles. The van der Waals surface area contributed by atoms with Gasteiger partial charge in [0.25, 0.3) is 0 Å². The van der Waals surface area contributed by atoms with Crippen molar-refractivity contribution in [3.05, 3.63) is 59.4 Å². The molecule has 0 radical (unpaired) electrons. The standard InChI is InChI=1S/C21H22FN3O4/c1-2-23-21(26)25(11-14-3-6-16(22)7-4-14)12-17-10-18(24-29-17)15-5-8-19-20(9-15)28-13-27-19/h3-9,17H,2,10-13H2,1H3,(H,23,26). The number of carbonyl (C=O) groups is 1. The van der Waals surface area contributed by atoms with Gasteiger partial charge in [0.05, 0.1) is 12.3 Å². The Balaban J connectivity index is 1.41. The highest BCUT2D eigenvalue weighted by Gasteiger charge is 2.27. The van der Waals surface area contributed by atoms with Crippen LogP contribution in [0.1, 0.15) is 24.5 Å². The first-order valence-electron chi connectivity index (χ1n) is 9.52. The van der Waals surface area contributed by atoms with Gasteiger partial charge < -0.3 is 24.5 Å². The van der Waals surface area contributed by atoms with Crippen LogP contribution in [-0.2, 0) is 11.4 Å². The van der Waals surface area contributed by atoms with Gasteiger partial charge in [-0.25, -0.2) is 9.18 Å². The predicted molar refractivity (Wildman–Crippen MR) is 104 cm³/mol. The molecule has 0 spiro atoms. The smallest absolute Gasteiger partial charge is 0.317 e. The number of benzene rings is 2. The topological polar surface area (TPSA) is 72.4 Å². The summed E-state index contributed by atoms with van der Waals surface area (Å²) in [5, 5.41) is 7.01. The van der Waals surface area contributed by atoms with Gasteiger partial charge in [-0.05, 0) is 42.8 Å². The van der Waals surface area contributed by atoms with Gasteiger partial charge in [-0.2, -0.15) is 0 Å². The zero-order valence-electron chi connectivity index (χ0n) is 16.1. The largest absolute Gasteiger partial charge is 0.454 e. The van der Waals surface area contributed by atoms with E-state index in [0.29, 0.717) is 37.6 Å². The van der Waals surface area contributed by atoms with Gasteiger partial charge in [0.1, 0.15) is 5.82 Å². The molecule has 0 fully saturated rings. The molecular formula is C21H22FN3O4. The van der Waals surface area contributed by atoms with E-state index < -0.39 is 0 Å². The molecule has 0 aliphatic carbocycles. The predicted octanol–water partition coefficient (Wildman–Crippen LogP) is 3.28. The third-order valence-electron chi connectivity index (χ3n) is 4.76. The number of fused-ring (bicyclic) bond motifs is 1. The summed E-state index contributed by atoms with van der Waals surface area (Å²) in [5.74, 6) is 1.10. The lowest BCUT2D eigenvalue weighted by Gasteiger charge is -2.25. The number of carbonyl (C=O) groups excluding carboxylic acids is 1. The molecule has 2 aromatic rings. The van der Waals surface area contributed by atoms with Crippen LogP contribution in [0.25, 0.3) is 0 Å². The Morgan fingerprint density at radius 1 is 1.21 bits per heavy atom. The van der Waals surface area contributed by atoms with E-state index in [9.17, 15) is 9.18 Å². The summed E-state index contributed by atoms with van der Waals surface area (Å²) in [6, 6.07) is 11.6. The van der Waals surface area contributed by atoms with E-state index in [2.05, 4.69) is 10.5 Å². The first-order valence-corrected chi connectivity index (χ1v) is 9.52. The Morgan fingerprint density at radius 3 is 2.79 bits per heavy atom. The Morgan fingerprint density at radius 2 is 2.00 bits per heavy atom. The molecule has 0 bridgehead atoms. The summed E-state index contributed by atoms with van der Waals surface area (Å²) in [6.07, 6.45) is 0.303. The molecule has 29 heavy (non-hydrogen) atoms. The highest BCUT2D eigenvalue weighted by atomic mass is 19.1. The molecule has 2 amide bonds. The van der Waals surface area contributed by atoms with Crippen LogP contribution >= 0.6 is 0 Å². The van der Waals surface area contributed by atoms with Crippen molar-refractivity contribution >= 4 is 11.7 Å². The quantitative estimate of drug-likeness (QED) is 0.809. The molecule has 0 saturated heterocycles. The number of oxime groups is 1. The van der Waals surface area contributed by atoms with E-state index in [1.165, 1.54) is 12.1 Å². The van der Waals surface area contributed by atoms with Gasteiger partial charge in [-0.15, -0.1) is 0 Å². The number of hydrogen-bond acceptors (Lipinski definition) is 5. The lowest BCUT2D eigenvalue weighted by Crippen LogP contribution is -2.43.